The summed E-state index contributed by atoms with van der Waals surface area (Å²) in [7, 11) is 1.22. The van der Waals surface area contributed by atoms with Gasteiger partial charge >= 0.3 is 5.97 Å². The summed E-state index contributed by atoms with van der Waals surface area (Å²) < 4.78 is 50.0. The Morgan fingerprint density at radius 1 is 0.712 bits per heavy atom. The Labute approximate surface area is 374 Å². The maximum atomic E-state index is 12.6. The highest BCUT2D eigenvalue weighted by atomic mass is 16.7. The fourth-order valence-electron chi connectivity index (χ4n) is 7.63. The van der Waals surface area contributed by atoms with Crippen LogP contribution in [0.3, 0.4) is 0 Å². The average molecular weight is 936 g/mol. The van der Waals surface area contributed by atoms with Gasteiger partial charge in [0.25, 0.3) is 11.9 Å². The van der Waals surface area contributed by atoms with Crippen LogP contribution >= 0.6 is 0 Å². The summed E-state index contributed by atoms with van der Waals surface area (Å²) in [5.41, 5.74) is 0.677. The number of hydrogen-bond donors (Lipinski definition) is 13. The van der Waals surface area contributed by atoms with Crippen LogP contribution in [0.1, 0.15) is 29.7 Å². The zero-order chi connectivity index (χ0) is 47.7. The largest absolute Gasteiger partial charge is 0.571 e. The number of methoxy groups -OCH3 is 1. The van der Waals surface area contributed by atoms with Crippen LogP contribution in [0.15, 0.2) is 60.4 Å². The maximum Gasteiger partial charge on any atom is 0.331 e. The molecule has 3 saturated heterocycles. The first kappa shape index (κ1) is 48.4. The molecule has 23 heteroatoms. The van der Waals surface area contributed by atoms with Crippen molar-refractivity contribution in [3.05, 3.63) is 77.1 Å². The second-order valence-corrected chi connectivity index (χ2v) is 15.8. The molecule has 360 valence electrons. The molecule has 66 heavy (non-hydrogen) atoms. The average Bonchev–Trinajstić information content (AvgIpc) is 3.29. The molecule has 23 nitrogen and oxygen atoms in total. The molecule has 0 saturated carbocycles. The molecule has 16 atom stereocenters. The highest BCUT2D eigenvalue weighted by Gasteiger charge is 2.50. The highest BCUT2D eigenvalue weighted by Crippen LogP contribution is 2.49. The third kappa shape index (κ3) is 10.1. The lowest BCUT2D eigenvalue weighted by Gasteiger charge is -2.43. The van der Waals surface area contributed by atoms with Gasteiger partial charge in [-0.3, -0.25) is 0 Å². The van der Waals surface area contributed by atoms with Gasteiger partial charge in [-0.25, -0.2) is 4.79 Å². The van der Waals surface area contributed by atoms with Crippen molar-refractivity contribution < 1.29 is 114 Å². The molecule has 4 heterocycles. The lowest BCUT2D eigenvalue weighted by molar-refractivity contribution is -0.325. The van der Waals surface area contributed by atoms with Crippen molar-refractivity contribution in [3.8, 4) is 40.2 Å². The fourth-order valence-corrected chi connectivity index (χ4v) is 7.63. The van der Waals surface area contributed by atoms with Gasteiger partial charge in [-0.15, -0.1) is 0 Å². The van der Waals surface area contributed by atoms with Crippen LogP contribution in [0.25, 0.3) is 12.2 Å². The first-order valence-corrected chi connectivity index (χ1v) is 20.4. The van der Waals surface area contributed by atoms with Crippen LogP contribution in [-0.4, -0.2) is 190 Å². The molecule has 0 aromatic heterocycles. The normalized spacial score (nSPS) is 34.4. The predicted molar refractivity (Wildman–Crippen MR) is 218 cm³/mol. The van der Waals surface area contributed by atoms with Crippen LogP contribution in [0, 0.1) is 0 Å². The molecular weight excluding hydrogens is 884 g/mol. The SMILES string of the molecule is COc1cc(C2[OH+]c3cc(O)cc(OC4OC(CO)C(O)C(O)C4O)c3C=C2OC2OC(COC3OC(C)C(OC(=O)C=Cc4ccc(O)cc4)C(O)C3O)C(O)C(O)C2O)cc(O)c1O. The van der Waals surface area contributed by atoms with Gasteiger partial charge in [0.1, 0.15) is 83.9 Å². The Morgan fingerprint density at radius 3 is 2.02 bits per heavy atom. The lowest BCUT2D eigenvalue weighted by Crippen LogP contribution is -2.61. The second kappa shape index (κ2) is 20.2. The van der Waals surface area contributed by atoms with Gasteiger partial charge in [-0.2, -0.15) is 0 Å². The molecule has 4 aliphatic heterocycles. The van der Waals surface area contributed by atoms with Crippen molar-refractivity contribution >= 4 is 18.1 Å². The summed E-state index contributed by atoms with van der Waals surface area (Å²) >= 11 is 0. The van der Waals surface area contributed by atoms with Gasteiger partial charge in [0, 0.05) is 18.2 Å². The summed E-state index contributed by atoms with van der Waals surface area (Å²) in [6.07, 6.45) is -22.8. The minimum Gasteiger partial charge on any atom is -0.571 e. The smallest absolute Gasteiger partial charge is 0.331 e. The molecule has 3 aromatic rings. The number of phenolic OH excluding ortho intramolecular Hbond substituents is 4. The quantitative estimate of drug-likeness (QED) is 0.0380. The van der Waals surface area contributed by atoms with E-state index in [9.17, 15) is 71.2 Å². The van der Waals surface area contributed by atoms with E-state index >= 15 is 0 Å². The minimum atomic E-state index is -1.98. The van der Waals surface area contributed by atoms with Crippen molar-refractivity contribution in [2.45, 2.75) is 105 Å². The number of rotatable bonds is 13. The van der Waals surface area contributed by atoms with Crippen molar-refractivity contribution in [1.29, 1.82) is 0 Å². The Bertz CT molecular complexity index is 2230. The number of aliphatic hydroxyl groups excluding tert-OH is 9. The molecule has 16 unspecified atom stereocenters. The Morgan fingerprint density at radius 2 is 1.35 bits per heavy atom. The van der Waals surface area contributed by atoms with Gasteiger partial charge in [0.15, 0.2) is 29.7 Å². The van der Waals surface area contributed by atoms with Crippen LogP contribution in [0.4, 0.5) is 0 Å². The Hall–Kier alpha value is -5.51. The van der Waals surface area contributed by atoms with Crippen LogP contribution in [0.5, 0.6) is 40.2 Å². The summed E-state index contributed by atoms with van der Waals surface area (Å²) in [6.45, 7) is -0.000821. The van der Waals surface area contributed by atoms with Crippen molar-refractivity contribution in [1.82, 2.24) is 0 Å². The third-order valence-electron chi connectivity index (χ3n) is 11.3. The molecular formula is C43H51O23+. The summed E-state index contributed by atoms with van der Waals surface area (Å²) in [4.78, 5) is 12.6. The van der Waals surface area contributed by atoms with Gasteiger partial charge in [-0.1, -0.05) is 12.1 Å². The number of fused-ring (bicyclic) bond motifs is 1. The third-order valence-corrected chi connectivity index (χ3v) is 11.3. The van der Waals surface area contributed by atoms with Gasteiger partial charge in [0.2, 0.25) is 18.3 Å². The molecule has 0 aliphatic carbocycles. The van der Waals surface area contributed by atoms with Crippen molar-refractivity contribution in [2.75, 3.05) is 20.3 Å². The lowest BCUT2D eigenvalue weighted by atomic mass is 9.97. The predicted octanol–water partition coefficient (Wildman–Crippen LogP) is -2.03. The molecule has 0 amide bonds. The Kier molecular flexibility index (Phi) is 14.8. The molecule has 7 rings (SSSR count). The molecule has 0 bridgehead atoms. The number of carbonyl (C=O) groups is 1. The van der Waals surface area contributed by atoms with Crippen LogP contribution < -0.4 is 9.47 Å². The number of benzene rings is 3. The molecule has 0 spiro atoms. The van der Waals surface area contributed by atoms with Gasteiger partial charge in [0.05, 0.1) is 38.1 Å². The standard InChI is InChI=1S/C43H50O23/c1-16-39(66-29(48)8-5-17-3-6-19(45)7-4-17)35(54)38(57)41(60-16)59-15-28-32(51)34(53)37(56)43(65-28)63-26-13-21-23(61-40(26)18-9-22(47)30(49)25(10-18)58-2)11-20(46)12-24(21)62-42-36(55)33(52)31(50)27(14-44)64-42/h3-13,16,27-28,31-47,49-57H,14-15H2,1-2H3/p+1. The first-order chi connectivity index (χ1) is 31.4. The van der Waals surface area contributed by atoms with E-state index < -0.39 is 135 Å². The zero-order valence-electron chi connectivity index (χ0n) is 34.9. The number of hydrogen-bond acceptors (Lipinski definition) is 22. The summed E-state index contributed by atoms with van der Waals surface area (Å²) in [5.74, 6) is -3.22. The van der Waals surface area contributed by atoms with Crippen LogP contribution in [0.2, 0.25) is 0 Å². The number of esters is 1. The van der Waals surface area contributed by atoms with Gasteiger partial charge < -0.3 is 109 Å². The molecule has 4 aliphatic rings. The zero-order valence-corrected chi connectivity index (χ0v) is 34.9. The molecule has 0 radical (unpaired) electrons. The van der Waals surface area contributed by atoms with E-state index in [-0.39, 0.29) is 39.9 Å². The fraction of sp³-hybridized carbons (Fsp3) is 0.465. The van der Waals surface area contributed by atoms with E-state index in [1.54, 1.807) is 12.1 Å². The van der Waals surface area contributed by atoms with E-state index in [4.69, 9.17) is 37.9 Å². The topological polar surface area (TPSA) is 367 Å². The first-order valence-electron chi connectivity index (χ1n) is 20.4. The molecule has 14 N–H and O–H groups in total. The van der Waals surface area contributed by atoms with E-state index in [0.717, 1.165) is 18.2 Å². The second-order valence-electron chi connectivity index (χ2n) is 15.8. The summed E-state index contributed by atoms with van der Waals surface area (Å²) in [5, 5.41) is 137. The van der Waals surface area contributed by atoms with Crippen molar-refractivity contribution in [2.24, 2.45) is 0 Å². The van der Waals surface area contributed by atoms with Crippen LogP contribution in [-0.2, 0) is 33.2 Å². The maximum absolute atomic E-state index is 12.6. The molecule has 3 aromatic carbocycles. The summed E-state index contributed by atoms with van der Waals surface area (Å²) in [6, 6.07) is 10.6. The van der Waals surface area contributed by atoms with E-state index in [1.165, 1.54) is 50.5 Å². The minimum absolute atomic E-state index is 0.00433. The van der Waals surface area contributed by atoms with Crippen molar-refractivity contribution in [3.63, 3.8) is 0 Å². The van der Waals surface area contributed by atoms with E-state index in [1.807, 2.05) is 0 Å². The number of aromatic hydroxyl groups is 5. The monoisotopic (exact) mass is 935 g/mol. The van der Waals surface area contributed by atoms with Gasteiger partial charge in [-0.05, 0) is 42.8 Å². The Balaban J connectivity index is 1.11. The van der Waals surface area contributed by atoms with E-state index in [0.29, 0.717) is 5.56 Å². The number of phenols is 4. The number of ether oxygens (including phenoxy) is 9. The highest BCUT2D eigenvalue weighted by molar-refractivity contribution is 5.87. The van der Waals surface area contributed by atoms with E-state index in [2.05, 4.69) is 4.74 Å². The number of carbonyl (C=O) groups excluding carboxylic acids is 1. The number of aliphatic hydroxyl groups is 10. The molecule has 3 fully saturated rings.